The predicted molar refractivity (Wildman–Crippen MR) is 74.2 cm³/mol. The summed E-state index contributed by atoms with van der Waals surface area (Å²) in [4.78, 5) is 34.8. The van der Waals surface area contributed by atoms with E-state index in [4.69, 9.17) is 10.2 Å². The first kappa shape index (κ1) is 16.2. The Hall–Kier alpha value is -1.89. The van der Waals surface area contributed by atoms with Crippen molar-refractivity contribution in [2.45, 2.75) is 39.2 Å². The third-order valence-corrected chi connectivity index (χ3v) is 3.84. The van der Waals surface area contributed by atoms with Crippen molar-refractivity contribution < 1.29 is 24.6 Å². The molecule has 0 radical (unpaired) electrons. The van der Waals surface area contributed by atoms with Gasteiger partial charge in [0, 0.05) is 4.88 Å². The SMILES string of the molecule is CCCc1cc(C(=O)N[C@H](CC(=O)O)C(=O)O)sc1C. The van der Waals surface area contributed by atoms with Crippen LogP contribution in [0.25, 0.3) is 0 Å². The van der Waals surface area contributed by atoms with Gasteiger partial charge >= 0.3 is 11.9 Å². The van der Waals surface area contributed by atoms with Gasteiger partial charge in [-0.25, -0.2) is 4.79 Å². The van der Waals surface area contributed by atoms with Gasteiger partial charge in [0.2, 0.25) is 0 Å². The van der Waals surface area contributed by atoms with Gasteiger partial charge in [-0.15, -0.1) is 11.3 Å². The van der Waals surface area contributed by atoms with Crippen molar-refractivity contribution in [3.63, 3.8) is 0 Å². The van der Waals surface area contributed by atoms with Crippen LogP contribution in [0.5, 0.6) is 0 Å². The van der Waals surface area contributed by atoms with Crippen LogP contribution in [0.4, 0.5) is 0 Å². The van der Waals surface area contributed by atoms with Gasteiger partial charge in [-0.2, -0.15) is 0 Å². The second kappa shape index (κ2) is 7.04. The number of amides is 1. The Morgan fingerprint density at radius 2 is 2.00 bits per heavy atom. The van der Waals surface area contributed by atoms with E-state index in [0.717, 1.165) is 23.3 Å². The Morgan fingerprint density at radius 3 is 2.50 bits per heavy atom. The van der Waals surface area contributed by atoms with E-state index in [-0.39, 0.29) is 0 Å². The predicted octanol–water partition coefficient (Wildman–Crippen LogP) is 1.67. The van der Waals surface area contributed by atoms with E-state index >= 15 is 0 Å². The van der Waals surface area contributed by atoms with Gasteiger partial charge in [0.05, 0.1) is 11.3 Å². The fraction of sp³-hybridized carbons (Fsp3) is 0.462. The summed E-state index contributed by atoms with van der Waals surface area (Å²) >= 11 is 1.28. The van der Waals surface area contributed by atoms with Crippen molar-refractivity contribution in [3.8, 4) is 0 Å². The fourth-order valence-electron chi connectivity index (χ4n) is 1.75. The first-order valence-corrected chi connectivity index (χ1v) is 7.01. The molecule has 0 aliphatic heterocycles. The molecule has 1 rings (SSSR count). The Kier molecular flexibility index (Phi) is 5.69. The minimum atomic E-state index is -1.42. The van der Waals surface area contributed by atoms with Crippen LogP contribution < -0.4 is 5.32 Å². The third kappa shape index (κ3) is 4.34. The lowest BCUT2D eigenvalue weighted by Crippen LogP contribution is -2.41. The molecule has 1 atom stereocenters. The van der Waals surface area contributed by atoms with Crippen LogP contribution in [-0.4, -0.2) is 34.1 Å². The summed E-state index contributed by atoms with van der Waals surface area (Å²) in [6.45, 7) is 3.93. The van der Waals surface area contributed by atoms with E-state index in [1.54, 1.807) is 6.07 Å². The standard InChI is InChI=1S/C13H17NO5S/c1-3-4-8-5-10(20-7(8)2)12(17)14-9(13(18)19)6-11(15)16/h5,9H,3-4,6H2,1-2H3,(H,14,17)(H,15,16)(H,18,19)/t9-/m1/s1. The molecule has 0 saturated carbocycles. The molecular weight excluding hydrogens is 282 g/mol. The first-order valence-electron chi connectivity index (χ1n) is 6.19. The number of rotatable bonds is 7. The normalized spacial score (nSPS) is 11.9. The van der Waals surface area contributed by atoms with Crippen molar-refractivity contribution in [1.29, 1.82) is 0 Å². The number of carbonyl (C=O) groups excluding carboxylic acids is 1. The number of carboxylic acids is 2. The number of nitrogens with one attached hydrogen (secondary N) is 1. The molecule has 7 heteroatoms. The highest BCUT2D eigenvalue weighted by atomic mass is 32.1. The highest BCUT2D eigenvalue weighted by Gasteiger charge is 2.24. The van der Waals surface area contributed by atoms with Crippen LogP contribution >= 0.6 is 11.3 Å². The van der Waals surface area contributed by atoms with E-state index in [9.17, 15) is 14.4 Å². The van der Waals surface area contributed by atoms with Crippen LogP contribution in [0, 0.1) is 6.92 Å². The minimum Gasteiger partial charge on any atom is -0.481 e. The van der Waals surface area contributed by atoms with Crippen LogP contribution in [0.2, 0.25) is 0 Å². The third-order valence-electron chi connectivity index (χ3n) is 2.75. The molecule has 0 aliphatic rings. The Morgan fingerprint density at radius 1 is 1.35 bits per heavy atom. The molecule has 0 aromatic carbocycles. The summed E-state index contributed by atoms with van der Waals surface area (Å²) in [5.74, 6) is -3.18. The highest BCUT2D eigenvalue weighted by molar-refractivity contribution is 7.14. The zero-order valence-electron chi connectivity index (χ0n) is 11.3. The lowest BCUT2D eigenvalue weighted by atomic mass is 10.1. The molecule has 110 valence electrons. The lowest BCUT2D eigenvalue weighted by molar-refractivity contribution is -0.145. The summed E-state index contributed by atoms with van der Waals surface area (Å²) in [5, 5.41) is 19.7. The molecule has 1 aromatic rings. The average molecular weight is 299 g/mol. The first-order chi connectivity index (χ1) is 9.35. The number of carboxylic acid groups (broad SMARTS) is 2. The lowest BCUT2D eigenvalue weighted by Gasteiger charge is -2.11. The van der Waals surface area contributed by atoms with Gasteiger partial charge in [-0.1, -0.05) is 13.3 Å². The molecule has 1 aromatic heterocycles. The average Bonchev–Trinajstić information content (AvgIpc) is 2.70. The van der Waals surface area contributed by atoms with E-state index in [2.05, 4.69) is 5.32 Å². The van der Waals surface area contributed by atoms with Gasteiger partial charge in [0.15, 0.2) is 0 Å². The van der Waals surface area contributed by atoms with Gasteiger partial charge in [-0.05, 0) is 25.0 Å². The Balaban J connectivity index is 2.81. The maximum atomic E-state index is 12.0. The molecule has 0 fully saturated rings. The van der Waals surface area contributed by atoms with Gasteiger partial charge in [0.25, 0.3) is 5.91 Å². The maximum Gasteiger partial charge on any atom is 0.326 e. The molecule has 0 aliphatic carbocycles. The fourth-order valence-corrected chi connectivity index (χ4v) is 2.73. The van der Waals surface area contributed by atoms with Crippen LogP contribution in [0.3, 0.4) is 0 Å². The smallest absolute Gasteiger partial charge is 0.326 e. The molecule has 3 N–H and O–H groups in total. The molecule has 20 heavy (non-hydrogen) atoms. The molecule has 0 unspecified atom stereocenters. The monoisotopic (exact) mass is 299 g/mol. The number of hydrogen-bond acceptors (Lipinski definition) is 4. The van der Waals surface area contributed by atoms with Crippen LogP contribution in [0.1, 0.15) is 39.9 Å². The van der Waals surface area contributed by atoms with Gasteiger partial charge in [-0.3, -0.25) is 9.59 Å². The molecule has 1 amide bonds. The van der Waals surface area contributed by atoms with Crippen molar-refractivity contribution in [1.82, 2.24) is 5.32 Å². The van der Waals surface area contributed by atoms with E-state index < -0.39 is 30.3 Å². The second-order valence-corrected chi connectivity index (χ2v) is 5.66. The molecule has 0 bridgehead atoms. The molecule has 0 saturated heterocycles. The number of hydrogen-bond donors (Lipinski definition) is 3. The summed E-state index contributed by atoms with van der Waals surface area (Å²) in [7, 11) is 0. The van der Waals surface area contributed by atoms with Crippen molar-refractivity contribution in [2.75, 3.05) is 0 Å². The van der Waals surface area contributed by atoms with E-state index in [1.165, 1.54) is 11.3 Å². The van der Waals surface area contributed by atoms with E-state index in [0.29, 0.717) is 4.88 Å². The van der Waals surface area contributed by atoms with Gasteiger partial charge < -0.3 is 15.5 Å². The summed E-state index contributed by atoms with van der Waals surface area (Å²) in [5.41, 5.74) is 1.06. The maximum absolute atomic E-state index is 12.0. The summed E-state index contributed by atoms with van der Waals surface area (Å²) in [6.07, 6.45) is 1.16. The minimum absolute atomic E-state index is 0.405. The number of thiophene rings is 1. The number of carbonyl (C=O) groups is 3. The second-order valence-electron chi connectivity index (χ2n) is 4.40. The largest absolute Gasteiger partial charge is 0.481 e. The van der Waals surface area contributed by atoms with E-state index in [1.807, 2.05) is 13.8 Å². The summed E-state index contributed by atoms with van der Waals surface area (Å²) < 4.78 is 0. The number of aryl methyl sites for hydroxylation is 2. The summed E-state index contributed by atoms with van der Waals surface area (Å²) in [6, 6.07) is 0.315. The molecule has 0 spiro atoms. The molecular formula is C13H17NO5S. The Labute approximate surface area is 120 Å². The molecule has 6 nitrogen and oxygen atoms in total. The highest BCUT2D eigenvalue weighted by Crippen LogP contribution is 2.22. The van der Waals surface area contributed by atoms with Gasteiger partial charge in [0.1, 0.15) is 6.04 Å². The topological polar surface area (TPSA) is 104 Å². The van der Waals surface area contributed by atoms with Crippen molar-refractivity contribution in [3.05, 3.63) is 21.4 Å². The van der Waals surface area contributed by atoms with Crippen LogP contribution in [-0.2, 0) is 16.0 Å². The Bertz CT molecular complexity index is 523. The zero-order valence-corrected chi connectivity index (χ0v) is 12.1. The number of aliphatic carboxylic acids is 2. The quantitative estimate of drug-likeness (QED) is 0.710. The van der Waals surface area contributed by atoms with Crippen molar-refractivity contribution in [2.24, 2.45) is 0 Å². The zero-order chi connectivity index (χ0) is 15.3. The van der Waals surface area contributed by atoms with Crippen LogP contribution in [0.15, 0.2) is 6.07 Å². The van der Waals surface area contributed by atoms with Crippen molar-refractivity contribution >= 4 is 29.2 Å². The molecule has 1 heterocycles.